The number of nitrogens with zero attached hydrogens (tertiary/aromatic N) is 11. The van der Waals surface area contributed by atoms with Crippen molar-refractivity contribution in [2.45, 2.75) is 0 Å². The van der Waals surface area contributed by atoms with Gasteiger partial charge in [-0.3, -0.25) is 0 Å². The number of rotatable bonds is 2. The topological polar surface area (TPSA) is 207 Å². The molecule has 2 heterocycles. The molecule has 0 N–H and O–H groups in total. The molecule has 11 heteroatoms. The van der Waals surface area contributed by atoms with Crippen LogP contribution in [0.4, 0.5) is 0 Å². The largest absolute Gasteiger partial charge is 0.233 e. The highest BCUT2D eigenvalue weighted by molar-refractivity contribution is 6.35. The predicted octanol–water partition coefficient (Wildman–Crippen LogP) is 1.72. The fourth-order valence-electron chi connectivity index (χ4n) is 2.72. The van der Waals surface area contributed by atoms with Crippen LogP contribution < -0.4 is 0 Å². The number of hydrogen-bond acceptors (Lipinski definition) is 11. The summed E-state index contributed by atoms with van der Waals surface area (Å²) in [5.41, 5.74) is -1.76. The van der Waals surface area contributed by atoms with Gasteiger partial charge in [0.15, 0.2) is 28.5 Å². The van der Waals surface area contributed by atoms with E-state index in [2.05, 4.69) is 38.1 Å². The van der Waals surface area contributed by atoms with Crippen LogP contribution in [-0.4, -0.2) is 25.6 Å². The van der Waals surface area contributed by atoms with Gasteiger partial charge < -0.3 is 0 Å². The second-order valence-electron chi connectivity index (χ2n) is 5.81. The summed E-state index contributed by atoms with van der Waals surface area (Å²) in [6, 6.07) is 10.6. The average molecular weight is 411 g/mol. The molecule has 0 atom stereocenters. The van der Waals surface area contributed by atoms with E-state index in [0.29, 0.717) is 0 Å². The third-order valence-electron chi connectivity index (χ3n) is 4.14. The van der Waals surface area contributed by atoms with Gasteiger partial charge in [-0.25, -0.2) is 24.9 Å². The first-order valence-electron chi connectivity index (χ1n) is 8.38. The van der Waals surface area contributed by atoms with Crippen LogP contribution in [0, 0.1) is 68.0 Å². The van der Waals surface area contributed by atoms with E-state index < -0.39 is 0 Å². The van der Waals surface area contributed by atoms with Crippen LogP contribution in [0.25, 0.3) is 17.0 Å². The summed E-state index contributed by atoms with van der Waals surface area (Å²) in [6.45, 7) is 7.35. The van der Waals surface area contributed by atoms with E-state index in [-0.39, 0.29) is 68.1 Å². The molecule has 2 aromatic rings. The molecular weight excluding hydrogens is 406 g/mol. The summed E-state index contributed by atoms with van der Waals surface area (Å²) >= 11 is 0. The Balaban J connectivity index is 2.52. The summed E-state index contributed by atoms with van der Waals surface area (Å²) < 4.78 is 0. The van der Waals surface area contributed by atoms with Gasteiger partial charge in [0.1, 0.15) is 64.9 Å². The van der Waals surface area contributed by atoms with Crippen molar-refractivity contribution in [2.75, 3.05) is 0 Å². The highest BCUT2D eigenvalue weighted by Crippen LogP contribution is 2.36. The van der Waals surface area contributed by atoms with Gasteiger partial charge in [-0.05, 0) is 6.08 Å². The van der Waals surface area contributed by atoms with Gasteiger partial charge in [0.2, 0.25) is 0 Å². The minimum Gasteiger partial charge on any atom is -0.233 e. The molecule has 0 aromatic carbocycles. The molecule has 3 rings (SSSR count). The minimum atomic E-state index is -0.320. The van der Waals surface area contributed by atoms with Gasteiger partial charge in [0.05, 0.1) is 5.57 Å². The summed E-state index contributed by atoms with van der Waals surface area (Å²) in [6.07, 6.45) is 1.14. The van der Waals surface area contributed by atoms with E-state index in [4.69, 9.17) is 0 Å². The molecule has 32 heavy (non-hydrogen) atoms. The Kier molecular flexibility index (Phi) is 5.28. The zero-order chi connectivity index (χ0) is 23.4. The van der Waals surface area contributed by atoms with Crippen molar-refractivity contribution in [1.82, 2.24) is 19.9 Å². The minimum absolute atomic E-state index is 0.000274. The Bertz CT molecular complexity index is 1560. The molecule has 0 unspecified atom stereocenters. The summed E-state index contributed by atoms with van der Waals surface area (Å²) in [5, 5.41) is 56.0. The third kappa shape index (κ3) is 3.10. The summed E-state index contributed by atoms with van der Waals surface area (Å²) in [5.74, 6) is 0. The molecule has 0 spiro atoms. The molecule has 2 aromatic heterocycles. The van der Waals surface area contributed by atoms with E-state index in [0.717, 1.165) is 6.08 Å². The van der Waals surface area contributed by atoms with E-state index >= 15 is 0 Å². The lowest BCUT2D eigenvalue weighted by molar-refractivity contribution is 1.05. The zero-order valence-electron chi connectivity index (χ0n) is 15.9. The third-order valence-corrected chi connectivity index (χ3v) is 4.14. The maximum atomic E-state index is 9.47. The molecule has 144 valence electrons. The first-order chi connectivity index (χ1) is 15.5. The Morgan fingerprint density at radius 1 is 0.688 bits per heavy atom. The van der Waals surface area contributed by atoms with Crippen molar-refractivity contribution < 1.29 is 0 Å². The molecular formula is C21H5N11. The van der Waals surface area contributed by atoms with Gasteiger partial charge in [-0.1, -0.05) is 13.2 Å². The van der Waals surface area contributed by atoms with Crippen molar-refractivity contribution >= 4 is 11.3 Å². The van der Waals surface area contributed by atoms with Crippen LogP contribution in [-0.2, 0) is 0 Å². The molecule has 0 saturated carbocycles. The van der Waals surface area contributed by atoms with Crippen molar-refractivity contribution in [3.63, 3.8) is 0 Å². The molecule has 0 saturated heterocycles. The highest BCUT2D eigenvalue weighted by Gasteiger charge is 2.33. The molecule has 0 amide bonds. The Morgan fingerprint density at radius 2 is 1.12 bits per heavy atom. The monoisotopic (exact) mass is 411 g/mol. The van der Waals surface area contributed by atoms with Crippen LogP contribution in [0.1, 0.15) is 34.2 Å². The van der Waals surface area contributed by atoms with Crippen LogP contribution in [0.3, 0.4) is 0 Å². The first kappa shape index (κ1) is 20.7. The van der Waals surface area contributed by atoms with E-state index in [1.165, 1.54) is 0 Å². The fraction of sp³-hybridized carbons (Fsp3) is 0. The van der Waals surface area contributed by atoms with Gasteiger partial charge >= 0.3 is 0 Å². The second-order valence-corrected chi connectivity index (χ2v) is 5.81. The first-order valence-corrected chi connectivity index (χ1v) is 8.38. The molecule has 11 nitrogen and oxygen atoms in total. The van der Waals surface area contributed by atoms with Gasteiger partial charge in [-0.2, -0.15) is 31.6 Å². The molecule has 1 aliphatic carbocycles. The van der Waals surface area contributed by atoms with E-state index in [9.17, 15) is 31.6 Å². The standard InChI is InChI=1S/C21H5N11/c1-3-11(4-22)12(5-23)28-17-10(2)18-20(30-14(7-25)13(6-24)29-18)21-19(17)31-15(8-26)16(9-27)32-21/h3H,1-2H2/b12-11+,28-17?. The van der Waals surface area contributed by atoms with Crippen molar-refractivity contribution in [1.29, 1.82) is 31.6 Å². The van der Waals surface area contributed by atoms with E-state index in [1.807, 2.05) is 0 Å². The lowest BCUT2D eigenvalue weighted by Crippen LogP contribution is -2.21. The van der Waals surface area contributed by atoms with E-state index in [1.54, 1.807) is 36.4 Å². The predicted molar refractivity (Wildman–Crippen MR) is 106 cm³/mol. The van der Waals surface area contributed by atoms with Gasteiger partial charge in [0.25, 0.3) is 0 Å². The number of aromatic nitrogens is 4. The number of hydrogen-bond donors (Lipinski definition) is 0. The maximum Gasteiger partial charge on any atom is 0.177 e. The average Bonchev–Trinajstić information content (AvgIpc) is 2.84. The van der Waals surface area contributed by atoms with Crippen molar-refractivity contribution in [3.8, 4) is 47.8 Å². The van der Waals surface area contributed by atoms with Crippen LogP contribution >= 0.6 is 0 Å². The fourth-order valence-corrected chi connectivity index (χ4v) is 2.72. The van der Waals surface area contributed by atoms with Crippen LogP contribution in [0.5, 0.6) is 0 Å². The Labute approximate surface area is 180 Å². The molecule has 1 aliphatic rings. The molecule has 0 fully saturated rings. The lowest BCUT2D eigenvalue weighted by Gasteiger charge is -2.21. The normalized spacial score (nSPS) is 12.9. The molecule has 0 aliphatic heterocycles. The SMILES string of the molecule is C=C/C(C#N)=C(/C#N)N=C1C(=C)c2nc(C#N)c(C#N)nc2-c2nc(C#N)c(C#N)nc21. The lowest BCUT2D eigenvalue weighted by atomic mass is 9.92. The smallest absolute Gasteiger partial charge is 0.177 e. The zero-order valence-corrected chi connectivity index (χ0v) is 15.9. The highest BCUT2D eigenvalue weighted by atomic mass is 15.0. The number of fused-ring (bicyclic) bond motifs is 3. The molecule has 0 radical (unpaired) electrons. The van der Waals surface area contributed by atoms with Gasteiger partial charge in [0, 0.05) is 5.57 Å². The summed E-state index contributed by atoms with van der Waals surface area (Å²) in [4.78, 5) is 20.7. The van der Waals surface area contributed by atoms with Crippen molar-refractivity contribution in [3.05, 3.63) is 64.7 Å². The van der Waals surface area contributed by atoms with Crippen LogP contribution in [0.2, 0.25) is 0 Å². The Morgan fingerprint density at radius 3 is 1.53 bits per heavy atom. The maximum absolute atomic E-state index is 9.47. The van der Waals surface area contributed by atoms with Crippen molar-refractivity contribution in [2.24, 2.45) is 4.99 Å². The number of aliphatic imine (C=N–C) groups is 1. The number of nitriles is 6. The summed E-state index contributed by atoms with van der Waals surface area (Å²) in [7, 11) is 0. The molecule has 0 bridgehead atoms. The van der Waals surface area contributed by atoms with Gasteiger partial charge in [-0.15, -0.1) is 0 Å². The van der Waals surface area contributed by atoms with Crippen LogP contribution in [0.15, 0.2) is 35.5 Å². The quantitative estimate of drug-likeness (QED) is 0.516. The number of allylic oxidation sites excluding steroid dienone is 4. The second kappa shape index (κ2) is 8.16. The Hall–Kier alpha value is -6.01.